The Kier molecular flexibility index (Phi) is 7.11. The Balaban J connectivity index is 1.37. The van der Waals surface area contributed by atoms with Crippen LogP contribution in [-0.2, 0) is 4.79 Å². The summed E-state index contributed by atoms with van der Waals surface area (Å²) in [4.78, 5) is 33.8. The molecule has 1 aromatic heterocycles. The number of rotatable bonds is 5. The van der Waals surface area contributed by atoms with Crippen LogP contribution in [0.3, 0.4) is 0 Å². The first-order valence-corrected chi connectivity index (χ1v) is 12.3. The van der Waals surface area contributed by atoms with Gasteiger partial charge in [0.25, 0.3) is 5.91 Å². The van der Waals surface area contributed by atoms with E-state index < -0.39 is 6.04 Å². The van der Waals surface area contributed by atoms with E-state index in [-0.39, 0.29) is 17.7 Å². The molecule has 2 saturated heterocycles. The Morgan fingerprint density at radius 2 is 1.66 bits per heavy atom. The summed E-state index contributed by atoms with van der Waals surface area (Å²) in [6.45, 7) is 7.92. The third kappa shape index (κ3) is 5.12. The van der Waals surface area contributed by atoms with Crippen LogP contribution in [0.1, 0.15) is 50.0 Å². The number of benzene rings is 1. The predicted molar refractivity (Wildman–Crippen MR) is 129 cm³/mol. The minimum Gasteiger partial charge on any atom is -0.351 e. The molecule has 6 nitrogen and oxygen atoms in total. The SMILES string of the molecule is CC(C)[C@@H](NC(=O)c1cc2cc(Cl)ccc2[nH]1)C(=O)N1CCC(C2CCN(C)CC2)CC1. The van der Waals surface area contributed by atoms with Crippen LogP contribution in [0.5, 0.6) is 0 Å². The molecule has 3 heterocycles. The van der Waals surface area contributed by atoms with Gasteiger partial charge in [-0.05, 0) is 87.8 Å². The van der Waals surface area contributed by atoms with Crippen molar-refractivity contribution in [2.45, 2.75) is 45.6 Å². The van der Waals surface area contributed by atoms with E-state index in [1.165, 1.54) is 25.9 Å². The molecular formula is C25H35ClN4O2. The highest BCUT2D eigenvalue weighted by molar-refractivity contribution is 6.31. The van der Waals surface area contributed by atoms with Gasteiger partial charge in [-0.15, -0.1) is 0 Å². The van der Waals surface area contributed by atoms with Crippen LogP contribution in [0, 0.1) is 17.8 Å². The number of hydrogen-bond acceptors (Lipinski definition) is 3. The summed E-state index contributed by atoms with van der Waals surface area (Å²) in [5, 5.41) is 4.49. The number of nitrogens with one attached hydrogen (secondary N) is 2. The molecule has 2 fully saturated rings. The van der Waals surface area contributed by atoms with Crippen molar-refractivity contribution in [1.29, 1.82) is 0 Å². The van der Waals surface area contributed by atoms with E-state index in [0.29, 0.717) is 10.7 Å². The molecule has 2 aliphatic rings. The fraction of sp³-hybridized carbons (Fsp3) is 0.600. The molecule has 7 heteroatoms. The van der Waals surface area contributed by atoms with Crippen molar-refractivity contribution in [3.63, 3.8) is 0 Å². The second kappa shape index (κ2) is 9.84. The lowest BCUT2D eigenvalue weighted by atomic mass is 9.78. The summed E-state index contributed by atoms with van der Waals surface area (Å²) < 4.78 is 0. The highest BCUT2D eigenvalue weighted by Crippen LogP contribution is 2.32. The number of piperidine rings is 2. The van der Waals surface area contributed by atoms with Crippen LogP contribution in [0.2, 0.25) is 5.02 Å². The van der Waals surface area contributed by atoms with Crippen LogP contribution in [-0.4, -0.2) is 65.9 Å². The monoisotopic (exact) mass is 458 g/mol. The Bertz CT molecular complexity index is 956. The number of hydrogen-bond donors (Lipinski definition) is 2. The maximum absolute atomic E-state index is 13.3. The van der Waals surface area contributed by atoms with Crippen LogP contribution >= 0.6 is 11.6 Å². The largest absolute Gasteiger partial charge is 0.351 e. The van der Waals surface area contributed by atoms with Crippen molar-refractivity contribution in [3.8, 4) is 0 Å². The van der Waals surface area contributed by atoms with Crippen LogP contribution in [0.4, 0.5) is 0 Å². The Morgan fingerprint density at radius 1 is 1.03 bits per heavy atom. The average Bonchev–Trinajstić information content (AvgIpc) is 3.21. The third-order valence-corrected chi connectivity index (χ3v) is 7.56. The minimum atomic E-state index is -0.530. The highest BCUT2D eigenvalue weighted by atomic mass is 35.5. The van der Waals surface area contributed by atoms with E-state index in [2.05, 4.69) is 22.2 Å². The molecule has 2 N–H and O–H groups in total. The van der Waals surface area contributed by atoms with Gasteiger partial charge >= 0.3 is 0 Å². The Hall–Kier alpha value is -2.05. The van der Waals surface area contributed by atoms with Crippen molar-refractivity contribution in [3.05, 3.63) is 35.0 Å². The van der Waals surface area contributed by atoms with E-state index in [1.807, 2.05) is 30.9 Å². The van der Waals surface area contributed by atoms with Crippen LogP contribution in [0.15, 0.2) is 24.3 Å². The van der Waals surface area contributed by atoms with E-state index in [9.17, 15) is 9.59 Å². The predicted octanol–water partition coefficient (Wildman–Crippen LogP) is 4.16. The Labute approximate surface area is 195 Å². The quantitative estimate of drug-likeness (QED) is 0.707. The van der Waals surface area contributed by atoms with E-state index in [0.717, 1.165) is 48.7 Å². The van der Waals surface area contributed by atoms with Gasteiger partial charge in [-0.1, -0.05) is 25.4 Å². The molecule has 2 amide bonds. The zero-order valence-electron chi connectivity index (χ0n) is 19.4. The number of aromatic nitrogens is 1. The van der Waals surface area contributed by atoms with Crippen molar-refractivity contribution < 1.29 is 9.59 Å². The third-order valence-electron chi connectivity index (χ3n) is 7.33. The van der Waals surface area contributed by atoms with Crippen molar-refractivity contribution in [2.24, 2.45) is 17.8 Å². The van der Waals surface area contributed by atoms with Gasteiger partial charge in [-0.3, -0.25) is 9.59 Å². The van der Waals surface area contributed by atoms with Crippen LogP contribution < -0.4 is 5.32 Å². The van der Waals surface area contributed by atoms with Gasteiger partial charge in [0, 0.05) is 29.0 Å². The molecule has 0 bridgehead atoms. The summed E-state index contributed by atoms with van der Waals surface area (Å²) >= 11 is 6.06. The number of H-pyrrole nitrogens is 1. The van der Waals surface area contributed by atoms with Crippen molar-refractivity contribution in [1.82, 2.24) is 20.1 Å². The molecule has 32 heavy (non-hydrogen) atoms. The second-order valence-electron chi connectivity index (χ2n) is 9.91. The first-order valence-electron chi connectivity index (χ1n) is 11.9. The van der Waals surface area contributed by atoms with E-state index in [1.54, 1.807) is 12.1 Å². The topological polar surface area (TPSA) is 68.4 Å². The average molecular weight is 459 g/mol. The molecular weight excluding hydrogens is 424 g/mol. The van der Waals surface area contributed by atoms with E-state index in [4.69, 9.17) is 11.6 Å². The van der Waals surface area contributed by atoms with Crippen molar-refractivity contribution in [2.75, 3.05) is 33.2 Å². The molecule has 2 aliphatic heterocycles. The van der Waals surface area contributed by atoms with Crippen LogP contribution in [0.25, 0.3) is 10.9 Å². The maximum Gasteiger partial charge on any atom is 0.268 e. The first-order chi connectivity index (χ1) is 15.3. The number of carbonyl (C=O) groups is 2. The minimum absolute atomic E-state index is 0.0110. The standard InChI is InChI=1S/C25H35ClN4O2/c1-16(2)23(28-24(31)22-15-19-14-20(26)4-5-21(19)27-22)25(32)30-12-8-18(9-13-30)17-6-10-29(3)11-7-17/h4-5,14-18,23,27H,6-13H2,1-3H3,(H,28,31)/t23-/m1/s1. The molecule has 1 atom stereocenters. The molecule has 0 unspecified atom stereocenters. The highest BCUT2D eigenvalue weighted by Gasteiger charge is 2.34. The summed E-state index contributed by atoms with van der Waals surface area (Å²) in [6, 6.07) is 6.72. The number of fused-ring (bicyclic) bond motifs is 1. The number of amides is 2. The van der Waals surface area contributed by atoms with Gasteiger partial charge in [-0.2, -0.15) is 0 Å². The van der Waals surface area contributed by atoms with Gasteiger partial charge in [0.15, 0.2) is 0 Å². The molecule has 0 saturated carbocycles. The number of likely N-dealkylation sites (tertiary alicyclic amines) is 2. The Morgan fingerprint density at radius 3 is 2.28 bits per heavy atom. The zero-order valence-corrected chi connectivity index (χ0v) is 20.1. The molecule has 0 radical (unpaired) electrons. The number of nitrogens with zero attached hydrogens (tertiary/aromatic N) is 2. The smallest absolute Gasteiger partial charge is 0.268 e. The summed E-state index contributed by atoms with van der Waals surface area (Å²) in [6.07, 6.45) is 4.69. The first kappa shape index (κ1) is 23.1. The van der Waals surface area contributed by atoms with Gasteiger partial charge in [-0.25, -0.2) is 0 Å². The molecule has 4 rings (SSSR count). The second-order valence-corrected chi connectivity index (χ2v) is 10.3. The fourth-order valence-electron chi connectivity index (χ4n) is 5.25. The molecule has 2 aromatic rings. The van der Waals surface area contributed by atoms with Gasteiger partial charge in [0.1, 0.15) is 11.7 Å². The number of halogens is 1. The number of aromatic amines is 1. The molecule has 1 aromatic carbocycles. The lowest BCUT2D eigenvalue weighted by molar-refractivity contribution is -0.136. The maximum atomic E-state index is 13.3. The summed E-state index contributed by atoms with van der Waals surface area (Å²) in [7, 11) is 2.20. The van der Waals surface area contributed by atoms with Gasteiger partial charge < -0.3 is 20.1 Å². The fourth-order valence-corrected chi connectivity index (χ4v) is 5.43. The van der Waals surface area contributed by atoms with Gasteiger partial charge in [0.2, 0.25) is 5.91 Å². The van der Waals surface area contributed by atoms with E-state index >= 15 is 0 Å². The lowest BCUT2D eigenvalue weighted by Gasteiger charge is -2.40. The van der Waals surface area contributed by atoms with Crippen molar-refractivity contribution >= 4 is 34.3 Å². The lowest BCUT2D eigenvalue weighted by Crippen LogP contribution is -2.53. The zero-order chi connectivity index (χ0) is 22.8. The molecule has 0 aliphatic carbocycles. The molecule has 0 spiro atoms. The van der Waals surface area contributed by atoms with Gasteiger partial charge in [0.05, 0.1) is 0 Å². The summed E-state index contributed by atoms with van der Waals surface area (Å²) in [5.41, 5.74) is 1.30. The normalized spacial score (nSPS) is 20.1. The summed E-state index contributed by atoms with van der Waals surface area (Å²) in [5.74, 6) is 1.30. The number of carbonyl (C=O) groups excluding carboxylic acids is 2. The molecule has 174 valence electrons.